The molecule has 37 heavy (non-hydrogen) atoms. The van der Waals surface area contributed by atoms with Gasteiger partial charge in [-0.1, -0.05) is 12.1 Å². The third-order valence-corrected chi connectivity index (χ3v) is 6.27. The summed E-state index contributed by atoms with van der Waals surface area (Å²) in [6, 6.07) is 5.57. The summed E-state index contributed by atoms with van der Waals surface area (Å²) in [5, 5.41) is 5.78. The highest BCUT2D eigenvalue weighted by atomic mass is 19.4. The van der Waals surface area contributed by atoms with Crippen molar-refractivity contribution < 1.29 is 22.7 Å². The van der Waals surface area contributed by atoms with E-state index in [4.69, 9.17) is 4.98 Å². The van der Waals surface area contributed by atoms with Crippen LogP contribution in [-0.2, 0) is 11.3 Å². The Labute approximate surface area is 213 Å². The molecule has 1 aromatic heterocycles. The molecule has 0 atom stereocenters. The number of ether oxygens (including phenoxy) is 1. The Kier molecular flexibility index (Phi) is 8.48. The Morgan fingerprint density at radius 2 is 1.59 bits per heavy atom. The molecule has 4 rings (SSSR count). The fourth-order valence-electron chi connectivity index (χ4n) is 4.17. The molecule has 1 amide bonds. The van der Waals surface area contributed by atoms with Crippen molar-refractivity contribution in [1.29, 1.82) is 0 Å². The first-order valence-electron chi connectivity index (χ1n) is 12.1. The number of nitrogens with one attached hydrogen (secondary N) is 2. The highest BCUT2D eigenvalue weighted by Gasteiger charge is 2.31. The Morgan fingerprint density at radius 3 is 2.19 bits per heavy atom. The van der Waals surface area contributed by atoms with Crippen molar-refractivity contribution >= 4 is 23.8 Å². The zero-order valence-corrected chi connectivity index (χ0v) is 21.0. The van der Waals surface area contributed by atoms with Gasteiger partial charge in [0.15, 0.2) is 0 Å². The zero-order valence-electron chi connectivity index (χ0n) is 21.0. The van der Waals surface area contributed by atoms with E-state index in [1.165, 1.54) is 18.2 Å². The zero-order chi connectivity index (χ0) is 26.4. The van der Waals surface area contributed by atoms with E-state index in [0.29, 0.717) is 49.6 Å². The molecule has 0 bridgehead atoms. The van der Waals surface area contributed by atoms with Crippen LogP contribution >= 0.6 is 0 Å². The Balaban J connectivity index is 1.27. The number of carbonyl (C=O) groups is 1. The van der Waals surface area contributed by atoms with Crippen LogP contribution < -0.4 is 25.2 Å². The highest BCUT2D eigenvalue weighted by Crippen LogP contribution is 2.23. The number of rotatable bonds is 8. The molecule has 3 heterocycles. The summed E-state index contributed by atoms with van der Waals surface area (Å²) in [5.41, 5.74) is 0.520. The van der Waals surface area contributed by atoms with Gasteiger partial charge in [-0.15, -0.1) is 13.2 Å². The van der Waals surface area contributed by atoms with Crippen LogP contribution in [0.1, 0.15) is 5.56 Å². The largest absolute Gasteiger partial charge is 0.573 e. The van der Waals surface area contributed by atoms with Crippen LogP contribution in [0.5, 0.6) is 5.75 Å². The molecule has 14 heteroatoms. The van der Waals surface area contributed by atoms with Crippen LogP contribution in [0.4, 0.5) is 31.0 Å². The second-order valence-corrected chi connectivity index (χ2v) is 9.03. The fraction of sp³-hybridized carbons (Fsp3) is 0.565. The lowest BCUT2D eigenvalue weighted by molar-refractivity contribution is -0.274. The summed E-state index contributed by atoms with van der Waals surface area (Å²) >= 11 is 0. The van der Waals surface area contributed by atoms with E-state index in [9.17, 15) is 18.0 Å². The molecule has 2 fully saturated rings. The molecule has 2 aliphatic heterocycles. The second kappa shape index (κ2) is 11.8. The van der Waals surface area contributed by atoms with Gasteiger partial charge < -0.3 is 30.1 Å². The molecule has 0 aliphatic carbocycles. The van der Waals surface area contributed by atoms with Gasteiger partial charge in [0.1, 0.15) is 5.75 Å². The summed E-state index contributed by atoms with van der Waals surface area (Å²) in [6.07, 6.45) is -4.76. The number of piperazine rings is 2. The average Bonchev–Trinajstić information content (AvgIpc) is 2.87. The van der Waals surface area contributed by atoms with E-state index >= 15 is 0 Å². The van der Waals surface area contributed by atoms with E-state index in [-0.39, 0.29) is 24.7 Å². The number of hydrogen-bond donors (Lipinski definition) is 2. The number of benzene rings is 1. The van der Waals surface area contributed by atoms with Crippen molar-refractivity contribution in [3.8, 4) is 5.75 Å². The highest BCUT2D eigenvalue weighted by molar-refractivity contribution is 5.78. The van der Waals surface area contributed by atoms with Crippen molar-refractivity contribution in [2.75, 3.05) is 88.1 Å². The van der Waals surface area contributed by atoms with Crippen molar-refractivity contribution in [2.24, 2.45) is 0 Å². The molecule has 2 aromatic rings. The monoisotopic (exact) mass is 523 g/mol. The SMILES string of the molecule is CNc1nc(N2CCN(C)CC2)nc(N2CCN(CC(=O)NCc3cccc(OC(F)(F)F)c3)CC2)n1. The molecule has 1 aromatic carbocycles. The quantitative estimate of drug-likeness (QED) is 0.521. The first-order chi connectivity index (χ1) is 17.7. The molecule has 2 saturated heterocycles. The van der Waals surface area contributed by atoms with Crippen LogP contribution in [-0.4, -0.2) is 110 Å². The van der Waals surface area contributed by atoms with Crippen LogP contribution in [0.2, 0.25) is 0 Å². The molecule has 2 aliphatic rings. The summed E-state index contributed by atoms with van der Waals surface area (Å²) < 4.78 is 41.2. The number of anilines is 3. The van der Waals surface area contributed by atoms with Gasteiger partial charge in [0.05, 0.1) is 6.54 Å². The molecular formula is C23H32F3N9O2. The van der Waals surface area contributed by atoms with E-state index < -0.39 is 6.36 Å². The first-order valence-corrected chi connectivity index (χ1v) is 12.1. The summed E-state index contributed by atoms with van der Waals surface area (Å²) in [5.74, 6) is 1.27. The van der Waals surface area contributed by atoms with Gasteiger partial charge in [-0.2, -0.15) is 15.0 Å². The third-order valence-electron chi connectivity index (χ3n) is 6.27. The van der Waals surface area contributed by atoms with E-state index in [0.717, 1.165) is 26.2 Å². The van der Waals surface area contributed by atoms with Crippen molar-refractivity contribution in [2.45, 2.75) is 12.9 Å². The number of aromatic nitrogens is 3. The molecule has 0 radical (unpaired) electrons. The lowest BCUT2D eigenvalue weighted by Gasteiger charge is -2.35. The number of likely N-dealkylation sites (N-methyl/N-ethyl adjacent to an activating group) is 1. The van der Waals surface area contributed by atoms with Crippen molar-refractivity contribution in [1.82, 2.24) is 30.1 Å². The summed E-state index contributed by atoms with van der Waals surface area (Å²) in [6.45, 7) is 6.50. The maximum absolute atomic E-state index is 12.4. The van der Waals surface area contributed by atoms with E-state index in [1.54, 1.807) is 13.1 Å². The van der Waals surface area contributed by atoms with Gasteiger partial charge in [-0.05, 0) is 24.7 Å². The van der Waals surface area contributed by atoms with Gasteiger partial charge in [-0.3, -0.25) is 9.69 Å². The van der Waals surface area contributed by atoms with Crippen LogP contribution in [0.15, 0.2) is 24.3 Å². The minimum atomic E-state index is -4.76. The Morgan fingerprint density at radius 1 is 0.973 bits per heavy atom. The Bertz CT molecular complexity index is 1060. The van der Waals surface area contributed by atoms with Crippen molar-refractivity contribution in [3.05, 3.63) is 29.8 Å². The molecule has 11 nitrogen and oxygen atoms in total. The summed E-state index contributed by atoms with van der Waals surface area (Å²) in [7, 11) is 3.88. The first kappa shape index (κ1) is 26.7. The van der Waals surface area contributed by atoms with Gasteiger partial charge in [0, 0.05) is 66.0 Å². The van der Waals surface area contributed by atoms with E-state index in [1.807, 2.05) is 4.90 Å². The average molecular weight is 524 g/mol. The predicted molar refractivity (Wildman–Crippen MR) is 133 cm³/mol. The molecule has 0 saturated carbocycles. The van der Waals surface area contributed by atoms with Crippen LogP contribution in [0.25, 0.3) is 0 Å². The minimum absolute atomic E-state index is 0.112. The van der Waals surface area contributed by atoms with E-state index in [2.05, 4.69) is 47.1 Å². The molecule has 2 N–H and O–H groups in total. The maximum atomic E-state index is 12.4. The number of hydrogen-bond acceptors (Lipinski definition) is 10. The lowest BCUT2D eigenvalue weighted by Crippen LogP contribution is -2.50. The lowest BCUT2D eigenvalue weighted by atomic mass is 10.2. The third kappa shape index (κ3) is 7.79. The number of nitrogens with zero attached hydrogens (tertiary/aromatic N) is 7. The smallest absolute Gasteiger partial charge is 0.406 e. The summed E-state index contributed by atoms with van der Waals surface area (Å²) in [4.78, 5) is 34.8. The minimum Gasteiger partial charge on any atom is -0.406 e. The van der Waals surface area contributed by atoms with Crippen molar-refractivity contribution in [3.63, 3.8) is 0 Å². The normalized spacial score (nSPS) is 17.5. The topological polar surface area (TPSA) is 102 Å². The number of amides is 1. The van der Waals surface area contributed by atoms with Gasteiger partial charge in [0.2, 0.25) is 23.8 Å². The van der Waals surface area contributed by atoms with Gasteiger partial charge in [0.25, 0.3) is 0 Å². The van der Waals surface area contributed by atoms with Gasteiger partial charge >= 0.3 is 6.36 Å². The molecule has 0 unspecified atom stereocenters. The second-order valence-electron chi connectivity index (χ2n) is 9.03. The van der Waals surface area contributed by atoms with Crippen LogP contribution in [0, 0.1) is 0 Å². The number of halogens is 3. The number of carbonyl (C=O) groups excluding carboxylic acids is 1. The predicted octanol–water partition coefficient (Wildman–Crippen LogP) is 1.00. The maximum Gasteiger partial charge on any atom is 0.573 e. The van der Waals surface area contributed by atoms with Gasteiger partial charge in [-0.25, -0.2) is 0 Å². The van der Waals surface area contributed by atoms with Crippen LogP contribution in [0.3, 0.4) is 0 Å². The number of alkyl halides is 3. The fourth-order valence-corrected chi connectivity index (χ4v) is 4.17. The Hall–Kier alpha value is -3.39. The molecule has 202 valence electrons. The standard InChI is InChI=1S/C23H32F3N9O2/c1-27-20-29-21(34-10-6-32(2)7-11-34)31-22(30-20)35-12-8-33(9-13-35)16-19(36)28-15-17-4-3-5-18(14-17)37-23(24,25)26/h3-5,14H,6-13,15-16H2,1-2H3,(H,28,36)(H,27,29,30,31). The molecular weight excluding hydrogens is 491 g/mol. The molecule has 0 spiro atoms.